The number of ether oxygens (including phenoxy) is 2. The fraction of sp³-hybridized carbons (Fsp3) is 0.115. The lowest BCUT2D eigenvalue weighted by molar-refractivity contribution is -0.123. The first-order valence-corrected chi connectivity index (χ1v) is 14.6. The van der Waals surface area contributed by atoms with Crippen LogP contribution in [0.4, 0.5) is 0 Å². The Hall–Kier alpha value is -2.08. The van der Waals surface area contributed by atoms with Crippen molar-refractivity contribution in [3.05, 3.63) is 95.2 Å². The van der Waals surface area contributed by atoms with E-state index >= 15 is 0 Å². The Morgan fingerprint density at radius 1 is 1.11 bits per heavy atom. The monoisotopic (exact) mass is 714 g/mol. The molecule has 3 aromatic carbocycles. The first-order chi connectivity index (χ1) is 18.2. The van der Waals surface area contributed by atoms with Crippen molar-refractivity contribution in [1.29, 1.82) is 0 Å². The molecule has 0 bridgehead atoms. The highest BCUT2D eigenvalue weighted by Gasteiger charge is 2.34. The Morgan fingerprint density at radius 2 is 1.79 bits per heavy atom. The van der Waals surface area contributed by atoms with Gasteiger partial charge in [-0.05, 0) is 95.2 Å². The van der Waals surface area contributed by atoms with E-state index in [9.17, 15) is 9.59 Å². The second kappa shape index (κ2) is 12.8. The van der Waals surface area contributed by atoms with Crippen molar-refractivity contribution < 1.29 is 19.1 Å². The van der Waals surface area contributed by atoms with Gasteiger partial charge in [-0.15, -0.1) is 0 Å². The topological polar surface area (TPSA) is 67.9 Å². The maximum absolute atomic E-state index is 13.1. The number of halogens is 4. The van der Waals surface area contributed by atoms with Crippen LogP contribution in [0.5, 0.6) is 11.5 Å². The summed E-state index contributed by atoms with van der Waals surface area (Å²) >= 11 is 25.9. The maximum Gasteiger partial charge on any atom is 0.285 e. The van der Waals surface area contributed by atoms with Crippen LogP contribution in [0.3, 0.4) is 0 Å². The van der Waals surface area contributed by atoms with Gasteiger partial charge >= 0.3 is 0 Å². The summed E-state index contributed by atoms with van der Waals surface area (Å²) in [7, 11) is 0. The molecular weight excluding hydrogens is 699 g/mol. The minimum absolute atomic E-state index is 0.132. The van der Waals surface area contributed by atoms with Gasteiger partial charge < -0.3 is 9.47 Å². The molecule has 2 amide bonds. The number of hydrogen-bond donors (Lipinski definition) is 1. The van der Waals surface area contributed by atoms with Gasteiger partial charge in [0.15, 0.2) is 15.8 Å². The summed E-state index contributed by atoms with van der Waals surface area (Å²) in [5, 5.41) is 2.06. The zero-order valence-corrected chi connectivity index (χ0v) is 25.9. The number of nitrogens with zero attached hydrogens (tertiary/aromatic N) is 1. The van der Waals surface area contributed by atoms with Crippen LogP contribution in [0.1, 0.15) is 28.4 Å². The van der Waals surface area contributed by atoms with E-state index in [1.165, 1.54) is 0 Å². The molecule has 0 aliphatic carbocycles. The fourth-order valence-corrected chi connectivity index (χ4v) is 5.90. The van der Waals surface area contributed by atoms with Gasteiger partial charge in [-0.1, -0.05) is 57.0 Å². The predicted octanol–water partition coefficient (Wildman–Crippen LogP) is 8.04. The van der Waals surface area contributed by atoms with E-state index in [2.05, 4.69) is 37.3 Å². The van der Waals surface area contributed by atoms with Crippen LogP contribution in [-0.2, 0) is 11.4 Å². The molecule has 0 unspecified atom stereocenters. The summed E-state index contributed by atoms with van der Waals surface area (Å²) in [6.45, 7) is 2.38. The number of carbonyl (C=O) groups is 2. The molecule has 1 fully saturated rings. The molecule has 1 aliphatic rings. The third kappa shape index (κ3) is 6.73. The third-order valence-electron chi connectivity index (χ3n) is 5.17. The predicted molar refractivity (Wildman–Crippen MR) is 163 cm³/mol. The minimum Gasteiger partial charge on any atom is -0.490 e. The Balaban J connectivity index is 1.54. The van der Waals surface area contributed by atoms with Gasteiger partial charge in [-0.3, -0.25) is 15.0 Å². The molecule has 1 saturated heterocycles. The van der Waals surface area contributed by atoms with Crippen molar-refractivity contribution in [1.82, 2.24) is 10.4 Å². The number of amides is 2. The quantitative estimate of drug-likeness (QED) is 0.188. The van der Waals surface area contributed by atoms with E-state index in [4.69, 9.17) is 44.9 Å². The highest BCUT2D eigenvalue weighted by Crippen LogP contribution is 2.40. The van der Waals surface area contributed by atoms with Crippen molar-refractivity contribution >= 4 is 101 Å². The number of carbonyl (C=O) groups excluding carboxylic acids is 2. The molecule has 0 atom stereocenters. The smallest absolute Gasteiger partial charge is 0.285 e. The number of hydrogen-bond acceptors (Lipinski definition) is 6. The molecule has 1 N–H and O–H groups in total. The minimum atomic E-state index is -0.448. The van der Waals surface area contributed by atoms with Gasteiger partial charge in [0.05, 0.1) is 16.0 Å². The van der Waals surface area contributed by atoms with Crippen LogP contribution in [-0.4, -0.2) is 27.8 Å². The van der Waals surface area contributed by atoms with E-state index in [0.29, 0.717) is 54.2 Å². The summed E-state index contributed by atoms with van der Waals surface area (Å²) in [5.41, 5.74) is 4.29. The first kappa shape index (κ1) is 28.9. The van der Waals surface area contributed by atoms with E-state index in [0.717, 1.165) is 21.2 Å². The molecule has 12 heteroatoms. The summed E-state index contributed by atoms with van der Waals surface area (Å²) < 4.78 is 13.5. The van der Waals surface area contributed by atoms with Crippen molar-refractivity contribution in [2.24, 2.45) is 0 Å². The van der Waals surface area contributed by atoms with E-state index < -0.39 is 11.8 Å². The zero-order chi connectivity index (χ0) is 27.4. The lowest BCUT2D eigenvalue weighted by Gasteiger charge is -2.16. The summed E-state index contributed by atoms with van der Waals surface area (Å²) in [5.74, 6) is 0.0504. The van der Waals surface area contributed by atoms with Crippen LogP contribution >= 0.6 is 79.0 Å². The number of rotatable bonds is 8. The molecule has 196 valence electrons. The summed E-state index contributed by atoms with van der Waals surface area (Å²) in [6.07, 6.45) is 1.67. The molecule has 1 heterocycles. The van der Waals surface area contributed by atoms with Gasteiger partial charge in [0.2, 0.25) is 0 Å². The molecule has 0 aromatic heterocycles. The van der Waals surface area contributed by atoms with E-state index in [1.807, 2.05) is 6.92 Å². The van der Waals surface area contributed by atoms with Crippen molar-refractivity contribution in [3.63, 3.8) is 0 Å². The maximum atomic E-state index is 13.1. The van der Waals surface area contributed by atoms with Gasteiger partial charge in [0, 0.05) is 25.6 Å². The molecule has 0 spiro atoms. The molecule has 0 radical (unpaired) electrons. The number of thiocarbonyl (C=S) groups is 1. The molecular formula is C26H18Br2Cl2N2O4S2. The average molecular weight is 717 g/mol. The van der Waals surface area contributed by atoms with Crippen LogP contribution in [0.15, 0.2) is 68.4 Å². The van der Waals surface area contributed by atoms with E-state index in [-0.39, 0.29) is 10.9 Å². The number of nitrogens with one attached hydrogen (secondary N) is 1. The molecule has 3 aromatic rings. The SMILES string of the molecule is CCOc1cc(/C=C2\SC(=S)N(NC(=O)c3ccc(Br)cc3)C2=O)cc(Br)c1OCc1c(Cl)cccc1Cl. The molecule has 0 saturated carbocycles. The normalized spacial score (nSPS) is 14.2. The lowest BCUT2D eigenvalue weighted by Crippen LogP contribution is -2.44. The highest BCUT2D eigenvalue weighted by molar-refractivity contribution is 9.10. The largest absolute Gasteiger partial charge is 0.490 e. The van der Waals surface area contributed by atoms with Crippen LogP contribution < -0.4 is 14.9 Å². The fourth-order valence-electron chi connectivity index (χ4n) is 3.37. The molecule has 1 aliphatic heterocycles. The Bertz CT molecular complexity index is 1430. The molecule has 4 rings (SSSR count). The second-order valence-corrected chi connectivity index (χ2v) is 12.0. The van der Waals surface area contributed by atoms with Crippen LogP contribution in [0, 0.1) is 0 Å². The molecule has 38 heavy (non-hydrogen) atoms. The van der Waals surface area contributed by atoms with Crippen molar-refractivity contribution in [2.75, 3.05) is 6.61 Å². The number of hydrazine groups is 1. The summed E-state index contributed by atoms with van der Waals surface area (Å²) in [4.78, 5) is 26.0. The Morgan fingerprint density at radius 3 is 2.45 bits per heavy atom. The standard InChI is InChI=1S/C26H18Br2Cl2N2O4S2/c1-2-35-21-11-14(10-18(28)23(21)36-13-17-19(29)4-3-5-20(17)30)12-22-25(34)32(26(37)38-22)31-24(33)15-6-8-16(27)9-7-15/h3-12H,2,13H2,1H3,(H,31,33)/b22-12-. The van der Waals surface area contributed by atoms with Crippen molar-refractivity contribution in [2.45, 2.75) is 13.5 Å². The number of benzene rings is 3. The van der Waals surface area contributed by atoms with Gasteiger partial charge in [0.1, 0.15) is 6.61 Å². The van der Waals surface area contributed by atoms with Crippen molar-refractivity contribution in [3.8, 4) is 11.5 Å². The van der Waals surface area contributed by atoms with Gasteiger partial charge in [-0.25, -0.2) is 0 Å². The van der Waals surface area contributed by atoms with Crippen LogP contribution in [0.25, 0.3) is 6.08 Å². The first-order valence-electron chi connectivity index (χ1n) is 11.0. The summed E-state index contributed by atoms with van der Waals surface area (Å²) in [6, 6.07) is 15.6. The third-order valence-corrected chi connectivity index (χ3v) is 8.29. The van der Waals surface area contributed by atoms with Crippen LogP contribution in [0.2, 0.25) is 10.0 Å². The molecule has 6 nitrogen and oxygen atoms in total. The Kier molecular flexibility index (Phi) is 9.78. The van der Waals surface area contributed by atoms with E-state index in [1.54, 1.807) is 60.7 Å². The lowest BCUT2D eigenvalue weighted by atomic mass is 10.1. The highest BCUT2D eigenvalue weighted by atomic mass is 79.9. The Labute approximate surface area is 255 Å². The average Bonchev–Trinajstić information content (AvgIpc) is 3.12. The van der Waals surface area contributed by atoms with Gasteiger partial charge in [0.25, 0.3) is 11.8 Å². The van der Waals surface area contributed by atoms with Gasteiger partial charge in [-0.2, -0.15) is 5.01 Å². The number of thioether (sulfide) groups is 1. The zero-order valence-electron chi connectivity index (χ0n) is 19.6. The second-order valence-electron chi connectivity index (χ2n) is 7.72.